The fraction of sp³-hybridized carbons (Fsp3) is 0.235. The van der Waals surface area contributed by atoms with Gasteiger partial charge in [-0.1, -0.05) is 6.92 Å². The summed E-state index contributed by atoms with van der Waals surface area (Å²) in [5.41, 5.74) is 2.31. The van der Waals surface area contributed by atoms with Crippen LogP contribution in [0.25, 0.3) is 11.4 Å². The Morgan fingerprint density at radius 2 is 2.04 bits per heavy atom. The molecule has 0 atom stereocenters. The molecule has 0 saturated carbocycles. The lowest BCUT2D eigenvalue weighted by atomic mass is 10.2. The van der Waals surface area contributed by atoms with Crippen LogP contribution in [-0.4, -0.2) is 36.4 Å². The minimum Gasteiger partial charge on any atom is -0.394 e. The maximum atomic E-state index is 10.8. The van der Waals surface area contributed by atoms with E-state index in [9.17, 15) is 10.1 Å². The number of nitro groups is 1. The molecule has 0 aliphatic carbocycles. The summed E-state index contributed by atoms with van der Waals surface area (Å²) in [7, 11) is 0. The molecule has 3 aromatic rings. The summed E-state index contributed by atoms with van der Waals surface area (Å²) in [6.45, 7) is 2.42. The number of aliphatic hydroxyl groups excluding tert-OH is 1. The van der Waals surface area contributed by atoms with E-state index in [0.717, 1.165) is 17.8 Å². The molecule has 9 nitrogen and oxygen atoms in total. The van der Waals surface area contributed by atoms with E-state index < -0.39 is 4.92 Å². The van der Waals surface area contributed by atoms with Crippen LogP contribution in [0.15, 0.2) is 42.7 Å². The Hall–Kier alpha value is -3.33. The lowest BCUT2D eigenvalue weighted by molar-refractivity contribution is -0.384. The molecular formula is C17H18N6O3. The second-order valence-electron chi connectivity index (χ2n) is 5.57. The zero-order valence-electron chi connectivity index (χ0n) is 14.2. The van der Waals surface area contributed by atoms with Gasteiger partial charge in [-0.25, -0.2) is 9.97 Å². The number of non-ortho nitro benzene ring substituents is 1. The number of hydrogen-bond acceptors (Lipinski definition) is 7. The van der Waals surface area contributed by atoms with Crippen molar-refractivity contribution in [3.05, 3.63) is 58.5 Å². The third-order valence-corrected chi connectivity index (χ3v) is 3.71. The van der Waals surface area contributed by atoms with Crippen molar-refractivity contribution in [2.75, 3.05) is 11.9 Å². The van der Waals surface area contributed by atoms with Crippen LogP contribution in [0.3, 0.4) is 0 Å². The van der Waals surface area contributed by atoms with Crippen LogP contribution < -0.4 is 5.32 Å². The Morgan fingerprint density at radius 3 is 2.69 bits per heavy atom. The molecule has 0 bridgehead atoms. The first kappa shape index (κ1) is 17.5. The highest BCUT2D eigenvalue weighted by atomic mass is 16.6. The van der Waals surface area contributed by atoms with Crippen molar-refractivity contribution < 1.29 is 10.0 Å². The van der Waals surface area contributed by atoms with Gasteiger partial charge in [0, 0.05) is 35.7 Å². The molecule has 0 radical (unpaired) electrons. The average molecular weight is 354 g/mol. The Balaban J connectivity index is 1.89. The third-order valence-electron chi connectivity index (χ3n) is 3.71. The Bertz CT molecular complexity index is 907. The molecule has 1 aromatic carbocycles. The number of aliphatic hydroxyl groups is 1. The van der Waals surface area contributed by atoms with E-state index in [-0.39, 0.29) is 12.3 Å². The molecule has 3 rings (SSSR count). The third kappa shape index (κ3) is 4.01. The number of rotatable bonds is 7. The Kier molecular flexibility index (Phi) is 5.18. The second kappa shape index (κ2) is 7.70. The number of hydrogen-bond donors (Lipinski definition) is 2. The van der Waals surface area contributed by atoms with Gasteiger partial charge in [-0.3, -0.25) is 14.8 Å². The fourth-order valence-electron chi connectivity index (χ4n) is 2.40. The first-order chi connectivity index (χ1) is 12.6. The molecule has 0 aliphatic rings. The smallest absolute Gasteiger partial charge is 0.269 e. The molecule has 134 valence electrons. The predicted octanol–water partition coefficient (Wildman–Crippen LogP) is 2.55. The van der Waals surface area contributed by atoms with Crippen molar-refractivity contribution in [1.82, 2.24) is 19.7 Å². The summed E-state index contributed by atoms with van der Waals surface area (Å²) < 4.78 is 1.63. The first-order valence-electron chi connectivity index (χ1n) is 8.12. The van der Waals surface area contributed by atoms with Gasteiger partial charge in [0.2, 0.25) is 0 Å². The van der Waals surface area contributed by atoms with Gasteiger partial charge in [0.15, 0.2) is 5.82 Å². The number of aryl methyl sites for hydroxylation is 1. The van der Waals surface area contributed by atoms with Gasteiger partial charge in [0.05, 0.1) is 30.0 Å². The van der Waals surface area contributed by atoms with Crippen molar-refractivity contribution >= 4 is 17.2 Å². The lowest BCUT2D eigenvalue weighted by Gasteiger charge is -2.08. The highest BCUT2D eigenvalue weighted by Gasteiger charge is 2.10. The summed E-state index contributed by atoms with van der Waals surface area (Å²) in [6.07, 6.45) is 4.14. The monoisotopic (exact) mass is 354 g/mol. The molecule has 2 heterocycles. The van der Waals surface area contributed by atoms with Crippen LogP contribution in [0.5, 0.6) is 0 Å². The van der Waals surface area contributed by atoms with Gasteiger partial charge in [-0.05, 0) is 18.6 Å². The van der Waals surface area contributed by atoms with Gasteiger partial charge in [-0.15, -0.1) is 0 Å². The normalized spacial score (nSPS) is 10.7. The number of anilines is 2. The average Bonchev–Trinajstić information content (AvgIpc) is 3.08. The molecule has 0 aliphatic heterocycles. The number of aromatic nitrogens is 4. The fourth-order valence-corrected chi connectivity index (χ4v) is 2.40. The van der Waals surface area contributed by atoms with Gasteiger partial charge < -0.3 is 10.4 Å². The van der Waals surface area contributed by atoms with Crippen LogP contribution >= 0.6 is 0 Å². The molecule has 0 spiro atoms. The van der Waals surface area contributed by atoms with E-state index in [1.807, 2.05) is 13.0 Å². The summed E-state index contributed by atoms with van der Waals surface area (Å²) in [5.74, 6) is 1.10. The molecule has 0 fully saturated rings. The minimum atomic E-state index is -0.440. The van der Waals surface area contributed by atoms with Crippen LogP contribution in [0.1, 0.15) is 12.6 Å². The number of benzene rings is 1. The first-order valence-corrected chi connectivity index (χ1v) is 8.12. The maximum Gasteiger partial charge on any atom is 0.269 e. The quantitative estimate of drug-likeness (QED) is 0.494. The van der Waals surface area contributed by atoms with Gasteiger partial charge in [0.25, 0.3) is 5.69 Å². The van der Waals surface area contributed by atoms with E-state index in [0.29, 0.717) is 23.8 Å². The maximum absolute atomic E-state index is 10.8. The van der Waals surface area contributed by atoms with Crippen LogP contribution in [-0.2, 0) is 13.0 Å². The molecule has 26 heavy (non-hydrogen) atoms. The van der Waals surface area contributed by atoms with Crippen molar-refractivity contribution in [1.29, 1.82) is 0 Å². The Morgan fingerprint density at radius 1 is 1.27 bits per heavy atom. The van der Waals surface area contributed by atoms with Gasteiger partial charge in [0.1, 0.15) is 5.82 Å². The summed E-state index contributed by atoms with van der Waals surface area (Å²) in [5, 5.41) is 27.1. The highest BCUT2D eigenvalue weighted by Crippen LogP contribution is 2.23. The standard InChI is InChI=1S/C17H18N6O3/c1-2-13-9-16(19-14-10-18-22(11-14)7-8-24)21-17(20-13)12-3-5-15(6-4-12)23(25)26/h3-6,9-11,24H,2,7-8H2,1H3,(H,19,20,21). The molecule has 0 amide bonds. The number of nitrogens with one attached hydrogen (secondary N) is 1. The van der Waals surface area contributed by atoms with E-state index in [1.165, 1.54) is 12.1 Å². The van der Waals surface area contributed by atoms with E-state index in [2.05, 4.69) is 20.4 Å². The highest BCUT2D eigenvalue weighted by molar-refractivity contribution is 5.62. The minimum absolute atomic E-state index is 0.0128. The van der Waals surface area contributed by atoms with E-state index >= 15 is 0 Å². The molecule has 0 unspecified atom stereocenters. The van der Waals surface area contributed by atoms with E-state index in [4.69, 9.17) is 5.11 Å². The van der Waals surface area contributed by atoms with Crippen LogP contribution in [0.4, 0.5) is 17.2 Å². The van der Waals surface area contributed by atoms with Crippen molar-refractivity contribution in [2.45, 2.75) is 19.9 Å². The Labute approximate surface area is 149 Å². The number of nitro benzene ring substituents is 1. The molecule has 9 heteroatoms. The molecule has 0 saturated heterocycles. The molecule has 2 aromatic heterocycles. The summed E-state index contributed by atoms with van der Waals surface area (Å²) in [6, 6.07) is 7.98. The largest absolute Gasteiger partial charge is 0.394 e. The molecule has 2 N–H and O–H groups in total. The van der Waals surface area contributed by atoms with Crippen LogP contribution in [0, 0.1) is 10.1 Å². The second-order valence-corrected chi connectivity index (χ2v) is 5.57. The zero-order valence-corrected chi connectivity index (χ0v) is 14.2. The predicted molar refractivity (Wildman–Crippen MR) is 96.1 cm³/mol. The SMILES string of the molecule is CCc1cc(Nc2cnn(CCO)c2)nc(-c2ccc([N+](=O)[O-])cc2)n1. The van der Waals surface area contributed by atoms with Crippen molar-refractivity contribution in [3.63, 3.8) is 0 Å². The topological polar surface area (TPSA) is 119 Å². The van der Waals surface area contributed by atoms with Crippen LogP contribution in [0.2, 0.25) is 0 Å². The zero-order chi connectivity index (χ0) is 18.5. The lowest BCUT2D eigenvalue weighted by Crippen LogP contribution is -2.02. The summed E-state index contributed by atoms with van der Waals surface area (Å²) >= 11 is 0. The van der Waals surface area contributed by atoms with Crippen molar-refractivity contribution in [3.8, 4) is 11.4 Å². The van der Waals surface area contributed by atoms with E-state index in [1.54, 1.807) is 29.2 Å². The number of nitrogens with zero attached hydrogens (tertiary/aromatic N) is 5. The van der Waals surface area contributed by atoms with Gasteiger partial charge >= 0.3 is 0 Å². The van der Waals surface area contributed by atoms with Crippen molar-refractivity contribution in [2.24, 2.45) is 0 Å². The summed E-state index contributed by atoms with van der Waals surface area (Å²) in [4.78, 5) is 19.4. The van der Waals surface area contributed by atoms with Gasteiger partial charge in [-0.2, -0.15) is 5.10 Å². The molecular weight excluding hydrogens is 336 g/mol.